The number of Topliss-reactive ketones (excluding diaryl/α,β-unsaturated/α-hetero) is 1. The molecule has 9 atom stereocenters. The Kier molecular flexibility index (Phi) is 5.55. The Balaban J connectivity index is 1.56. The highest BCUT2D eigenvalue weighted by atomic mass is 16.5. The van der Waals surface area contributed by atoms with E-state index in [0.29, 0.717) is 35.9 Å². The topological polar surface area (TPSA) is 80.7 Å². The van der Waals surface area contributed by atoms with Gasteiger partial charge in [-0.1, -0.05) is 20.8 Å². The van der Waals surface area contributed by atoms with Crippen LogP contribution in [0.25, 0.3) is 0 Å². The standard InChI is InChI=1S/C25H38O5/c1-14(11-22(28)29)19-7-8-20-18-6-5-16-12-17(30-15(2)26)9-10-24(16,3)23(18)21(27)13-25(19,20)4/h14,16-20,23H,5-13H2,1-4H3,(H,28,29)/t14-,16-,17-,18+,19-,20+,23-,24+,25-/m1/s1. The number of carbonyl (C=O) groups excluding carboxylic acids is 2. The maximum atomic E-state index is 13.7. The van der Waals surface area contributed by atoms with Crippen LogP contribution in [0.15, 0.2) is 0 Å². The van der Waals surface area contributed by atoms with E-state index in [1.807, 2.05) is 0 Å². The van der Waals surface area contributed by atoms with Crippen molar-refractivity contribution in [3.05, 3.63) is 0 Å². The fourth-order valence-corrected chi connectivity index (χ4v) is 8.77. The zero-order chi connectivity index (χ0) is 21.8. The molecule has 5 heteroatoms. The zero-order valence-corrected chi connectivity index (χ0v) is 19.0. The van der Waals surface area contributed by atoms with Crippen LogP contribution in [0.1, 0.15) is 85.5 Å². The third-order valence-corrected chi connectivity index (χ3v) is 9.89. The lowest BCUT2D eigenvalue weighted by Gasteiger charge is -2.60. The van der Waals surface area contributed by atoms with Crippen LogP contribution in [0.5, 0.6) is 0 Å². The first-order valence-electron chi connectivity index (χ1n) is 12.0. The molecule has 168 valence electrons. The Hall–Kier alpha value is -1.39. The zero-order valence-electron chi connectivity index (χ0n) is 19.0. The van der Waals surface area contributed by atoms with Gasteiger partial charge < -0.3 is 9.84 Å². The molecule has 0 bridgehead atoms. The highest BCUT2D eigenvalue weighted by molar-refractivity contribution is 5.84. The molecule has 4 aliphatic carbocycles. The fraction of sp³-hybridized carbons (Fsp3) is 0.880. The molecule has 0 spiro atoms. The van der Waals surface area contributed by atoms with Crippen molar-refractivity contribution in [2.24, 2.45) is 46.3 Å². The van der Waals surface area contributed by atoms with Crippen molar-refractivity contribution in [3.63, 3.8) is 0 Å². The number of fused-ring (bicyclic) bond motifs is 5. The van der Waals surface area contributed by atoms with E-state index in [-0.39, 0.29) is 41.2 Å². The summed E-state index contributed by atoms with van der Waals surface area (Å²) in [6.45, 7) is 8.17. The number of ketones is 1. The molecule has 4 aliphatic rings. The minimum absolute atomic E-state index is 0.00816. The third-order valence-electron chi connectivity index (χ3n) is 9.89. The highest BCUT2D eigenvalue weighted by Crippen LogP contribution is 2.67. The van der Waals surface area contributed by atoms with Gasteiger partial charge >= 0.3 is 11.9 Å². The fourth-order valence-electron chi connectivity index (χ4n) is 8.77. The number of aliphatic carboxylic acids is 1. The highest BCUT2D eigenvalue weighted by Gasteiger charge is 2.63. The van der Waals surface area contributed by atoms with E-state index in [4.69, 9.17) is 4.74 Å². The monoisotopic (exact) mass is 418 g/mol. The first-order chi connectivity index (χ1) is 14.1. The van der Waals surface area contributed by atoms with Crippen molar-refractivity contribution in [1.82, 2.24) is 0 Å². The molecule has 5 nitrogen and oxygen atoms in total. The van der Waals surface area contributed by atoms with Crippen molar-refractivity contribution in [2.75, 3.05) is 0 Å². The molecule has 0 unspecified atom stereocenters. The molecule has 0 heterocycles. The van der Waals surface area contributed by atoms with E-state index in [9.17, 15) is 19.5 Å². The maximum Gasteiger partial charge on any atom is 0.303 e. The number of hydrogen-bond donors (Lipinski definition) is 1. The van der Waals surface area contributed by atoms with Gasteiger partial charge in [0, 0.05) is 25.7 Å². The number of esters is 1. The summed E-state index contributed by atoms with van der Waals surface area (Å²) in [5.74, 6) is 1.49. The molecule has 0 amide bonds. The summed E-state index contributed by atoms with van der Waals surface area (Å²) in [5.41, 5.74) is -0.0337. The largest absolute Gasteiger partial charge is 0.481 e. The normalized spacial score (nSPS) is 46.3. The molecule has 0 aromatic rings. The molecule has 0 saturated heterocycles. The van der Waals surface area contributed by atoms with Gasteiger partial charge in [-0.3, -0.25) is 14.4 Å². The summed E-state index contributed by atoms with van der Waals surface area (Å²) in [6.07, 6.45) is 7.94. The van der Waals surface area contributed by atoms with Crippen molar-refractivity contribution in [1.29, 1.82) is 0 Å². The third kappa shape index (κ3) is 3.40. The molecule has 30 heavy (non-hydrogen) atoms. The van der Waals surface area contributed by atoms with Gasteiger partial charge in [-0.15, -0.1) is 0 Å². The lowest BCUT2D eigenvalue weighted by molar-refractivity contribution is -0.169. The van der Waals surface area contributed by atoms with Gasteiger partial charge in [-0.2, -0.15) is 0 Å². The average Bonchev–Trinajstić information content (AvgIpc) is 2.97. The Bertz CT molecular complexity index is 731. The molecular formula is C25H38O5. The predicted octanol–water partition coefficient (Wildman–Crippen LogP) is 4.87. The Morgan fingerprint density at radius 2 is 1.87 bits per heavy atom. The van der Waals surface area contributed by atoms with Gasteiger partial charge in [0.05, 0.1) is 0 Å². The summed E-state index contributed by atoms with van der Waals surface area (Å²) in [7, 11) is 0. The van der Waals surface area contributed by atoms with Gasteiger partial charge in [-0.05, 0) is 85.4 Å². The van der Waals surface area contributed by atoms with Gasteiger partial charge in [-0.25, -0.2) is 0 Å². The first kappa shape index (κ1) is 21.8. The first-order valence-corrected chi connectivity index (χ1v) is 12.0. The summed E-state index contributed by atoms with van der Waals surface area (Å²) < 4.78 is 5.53. The van der Waals surface area contributed by atoms with E-state index < -0.39 is 5.97 Å². The molecule has 0 aliphatic heterocycles. The number of carbonyl (C=O) groups is 3. The number of carboxylic acid groups (broad SMARTS) is 1. The minimum Gasteiger partial charge on any atom is -0.481 e. The second-order valence-corrected chi connectivity index (χ2v) is 11.4. The van der Waals surface area contributed by atoms with Crippen LogP contribution in [-0.2, 0) is 19.1 Å². The molecule has 1 N–H and O–H groups in total. The summed E-state index contributed by atoms with van der Waals surface area (Å²) in [6, 6.07) is 0. The summed E-state index contributed by atoms with van der Waals surface area (Å²) >= 11 is 0. The average molecular weight is 419 g/mol. The van der Waals surface area contributed by atoms with Gasteiger partial charge in [0.15, 0.2) is 0 Å². The van der Waals surface area contributed by atoms with E-state index in [1.54, 1.807) is 0 Å². The van der Waals surface area contributed by atoms with Crippen molar-refractivity contribution in [2.45, 2.75) is 91.6 Å². The molecule has 0 radical (unpaired) electrons. The predicted molar refractivity (Wildman–Crippen MR) is 113 cm³/mol. The molecule has 4 fully saturated rings. The lowest BCUT2D eigenvalue weighted by Crippen LogP contribution is -2.58. The lowest BCUT2D eigenvalue weighted by atomic mass is 9.44. The summed E-state index contributed by atoms with van der Waals surface area (Å²) in [4.78, 5) is 36.4. The Morgan fingerprint density at radius 3 is 2.53 bits per heavy atom. The quantitative estimate of drug-likeness (QED) is 0.659. The second-order valence-electron chi connectivity index (χ2n) is 11.4. The Morgan fingerprint density at radius 1 is 1.13 bits per heavy atom. The van der Waals surface area contributed by atoms with E-state index in [2.05, 4.69) is 20.8 Å². The minimum atomic E-state index is -0.730. The van der Waals surface area contributed by atoms with Crippen LogP contribution in [-0.4, -0.2) is 28.9 Å². The van der Waals surface area contributed by atoms with Crippen molar-refractivity contribution < 1.29 is 24.2 Å². The molecule has 4 saturated carbocycles. The van der Waals surface area contributed by atoms with Crippen LogP contribution >= 0.6 is 0 Å². The van der Waals surface area contributed by atoms with Crippen molar-refractivity contribution in [3.8, 4) is 0 Å². The second kappa shape index (κ2) is 7.63. The van der Waals surface area contributed by atoms with E-state index in [1.165, 1.54) is 6.92 Å². The number of ether oxygens (including phenoxy) is 1. The van der Waals surface area contributed by atoms with E-state index >= 15 is 0 Å². The number of rotatable bonds is 4. The van der Waals surface area contributed by atoms with Crippen LogP contribution in [0.2, 0.25) is 0 Å². The molecule has 0 aromatic heterocycles. The summed E-state index contributed by atoms with van der Waals surface area (Å²) in [5, 5.41) is 9.30. The maximum absolute atomic E-state index is 13.7. The van der Waals surface area contributed by atoms with Crippen LogP contribution in [0, 0.1) is 46.3 Å². The van der Waals surface area contributed by atoms with Gasteiger partial charge in [0.2, 0.25) is 0 Å². The van der Waals surface area contributed by atoms with Crippen molar-refractivity contribution >= 4 is 17.7 Å². The molecule has 4 rings (SSSR count). The SMILES string of the molecule is CC(=O)O[C@@H]1CC[C@@]2(C)[C@H](CC[C@H]3[C@@H]4CC[C@H]([C@H](C)CC(=O)O)[C@@]4(C)CC(=O)[C@@H]32)C1. The van der Waals surface area contributed by atoms with Crippen LogP contribution < -0.4 is 0 Å². The Labute approximate surface area is 180 Å². The van der Waals surface area contributed by atoms with Crippen LogP contribution in [0.4, 0.5) is 0 Å². The number of hydrogen-bond acceptors (Lipinski definition) is 4. The molecular weight excluding hydrogens is 380 g/mol. The van der Waals surface area contributed by atoms with Gasteiger partial charge in [0.25, 0.3) is 0 Å². The van der Waals surface area contributed by atoms with E-state index in [0.717, 1.165) is 44.9 Å². The van der Waals surface area contributed by atoms with Crippen LogP contribution in [0.3, 0.4) is 0 Å². The smallest absolute Gasteiger partial charge is 0.303 e. The van der Waals surface area contributed by atoms with Gasteiger partial charge in [0.1, 0.15) is 11.9 Å². The number of carboxylic acids is 1. The molecule has 0 aromatic carbocycles.